The summed E-state index contributed by atoms with van der Waals surface area (Å²) in [6, 6.07) is 3.68. The van der Waals surface area contributed by atoms with E-state index in [1.807, 2.05) is 26.0 Å². The van der Waals surface area contributed by atoms with Crippen molar-refractivity contribution in [3.8, 4) is 0 Å². The number of amides is 1. The van der Waals surface area contributed by atoms with Crippen LogP contribution in [0.25, 0.3) is 0 Å². The van der Waals surface area contributed by atoms with E-state index >= 15 is 0 Å². The Morgan fingerprint density at radius 1 is 1.44 bits per heavy atom. The topological polar surface area (TPSA) is 42.4 Å². The van der Waals surface area contributed by atoms with E-state index in [9.17, 15) is 4.79 Å². The van der Waals surface area contributed by atoms with Crippen LogP contribution in [0.3, 0.4) is 0 Å². The highest BCUT2D eigenvalue weighted by Crippen LogP contribution is 2.17. The first-order valence-corrected chi connectivity index (χ1v) is 6.06. The first kappa shape index (κ1) is 13.1. The van der Waals surface area contributed by atoms with Gasteiger partial charge in [-0.1, -0.05) is 13.8 Å². The molecule has 1 aromatic rings. The van der Waals surface area contributed by atoms with Gasteiger partial charge in [-0.25, -0.2) is 4.98 Å². The Balaban J connectivity index is 0.000000606. The third-order valence-corrected chi connectivity index (χ3v) is 2.48. The fourth-order valence-electron chi connectivity index (χ4n) is 1.32. The number of hydrogen-bond acceptors (Lipinski definition) is 3. The highest BCUT2D eigenvalue weighted by Gasteiger charge is 2.19. The largest absolute Gasteiger partial charge is 0.370 e. The maximum atomic E-state index is 11.4. The number of halogens is 1. The molecule has 1 aromatic heterocycles. The summed E-state index contributed by atoms with van der Waals surface area (Å²) in [7, 11) is 0. The summed E-state index contributed by atoms with van der Waals surface area (Å²) in [5.74, 6) is -0.0135. The van der Waals surface area contributed by atoms with E-state index in [4.69, 9.17) is 4.74 Å². The average molecular weight is 287 g/mol. The van der Waals surface area contributed by atoms with Crippen molar-refractivity contribution in [1.29, 1.82) is 0 Å². The zero-order chi connectivity index (χ0) is 12.0. The number of hydrogen-bond donors (Lipinski definition) is 0. The summed E-state index contributed by atoms with van der Waals surface area (Å²) in [5.41, 5.74) is 0.821. The Labute approximate surface area is 104 Å². The van der Waals surface area contributed by atoms with Gasteiger partial charge in [0.05, 0.1) is 18.5 Å². The predicted octanol–water partition coefficient (Wildman–Crippen LogP) is 2.23. The summed E-state index contributed by atoms with van der Waals surface area (Å²) in [5, 5.41) is 0. The first-order valence-electron chi connectivity index (χ1n) is 5.27. The summed E-state index contributed by atoms with van der Waals surface area (Å²) < 4.78 is 5.80. The molecule has 4 nitrogen and oxygen atoms in total. The number of morpholine rings is 1. The molecule has 0 bridgehead atoms. The molecule has 1 aliphatic heterocycles. The Hall–Kier alpha value is -0.940. The van der Waals surface area contributed by atoms with E-state index in [1.54, 1.807) is 11.1 Å². The number of rotatable bonds is 1. The van der Waals surface area contributed by atoms with Gasteiger partial charge in [0.15, 0.2) is 0 Å². The number of carbonyl (C=O) groups is 1. The average Bonchev–Trinajstić information content (AvgIpc) is 2.34. The molecule has 1 amide bonds. The van der Waals surface area contributed by atoms with Gasteiger partial charge in [-0.3, -0.25) is 4.79 Å². The molecule has 2 rings (SSSR count). The summed E-state index contributed by atoms with van der Waals surface area (Å²) in [6.45, 7) is 5.35. The highest BCUT2D eigenvalue weighted by molar-refractivity contribution is 9.10. The van der Waals surface area contributed by atoms with Gasteiger partial charge < -0.3 is 9.64 Å². The Morgan fingerprint density at radius 3 is 2.75 bits per heavy atom. The molecule has 0 aliphatic carbocycles. The highest BCUT2D eigenvalue weighted by atomic mass is 79.9. The van der Waals surface area contributed by atoms with Crippen molar-refractivity contribution in [1.82, 2.24) is 4.98 Å². The molecular weight excluding hydrogens is 272 g/mol. The summed E-state index contributed by atoms with van der Waals surface area (Å²) >= 11 is 3.25. The molecule has 0 unspecified atom stereocenters. The standard InChI is InChI=1S/C9H9BrN2O2.C2H6/c10-8-2-1-7(5-11-8)12-3-4-14-6-9(12)13;1-2/h1-2,5H,3-4,6H2;1-2H3. The smallest absolute Gasteiger partial charge is 0.253 e. The lowest BCUT2D eigenvalue weighted by Gasteiger charge is -2.26. The molecule has 0 aromatic carbocycles. The zero-order valence-corrected chi connectivity index (χ0v) is 11.0. The van der Waals surface area contributed by atoms with E-state index in [0.29, 0.717) is 13.2 Å². The van der Waals surface area contributed by atoms with Gasteiger partial charge >= 0.3 is 0 Å². The van der Waals surface area contributed by atoms with Crippen molar-refractivity contribution in [3.05, 3.63) is 22.9 Å². The molecular formula is C11H15BrN2O2. The van der Waals surface area contributed by atoms with E-state index < -0.39 is 0 Å². The Morgan fingerprint density at radius 2 is 2.19 bits per heavy atom. The SMILES string of the molecule is CC.O=C1COCCN1c1ccc(Br)nc1. The molecule has 88 valence electrons. The van der Waals surface area contributed by atoms with Crippen LogP contribution in [0.2, 0.25) is 0 Å². The van der Waals surface area contributed by atoms with Crippen LogP contribution in [0.5, 0.6) is 0 Å². The van der Waals surface area contributed by atoms with Crippen LogP contribution < -0.4 is 4.90 Å². The van der Waals surface area contributed by atoms with Crippen molar-refractivity contribution >= 4 is 27.5 Å². The Bertz CT molecular complexity index is 340. The van der Waals surface area contributed by atoms with Crippen LogP contribution in [0.4, 0.5) is 5.69 Å². The minimum absolute atomic E-state index is 0.0135. The van der Waals surface area contributed by atoms with E-state index in [-0.39, 0.29) is 12.5 Å². The van der Waals surface area contributed by atoms with E-state index in [1.165, 1.54) is 0 Å². The first-order chi connectivity index (χ1) is 7.77. The second-order valence-corrected chi connectivity index (χ2v) is 3.75. The van der Waals surface area contributed by atoms with Crippen LogP contribution in [0.1, 0.15) is 13.8 Å². The van der Waals surface area contributed by atoms with Crippen LogP contribution in [-0.4, -0.2) is 30.6 Å². The third kappa shape index (κ3) is 3.28. The van der Waals surface area contributed by atoms with E-state index in [0.717, 1.165) is 10.3 Å². The summed E-state index contributed by atoms with van der Waals surface area (Å²) in [6.07, 6.45) is 1.67. The molecule has 16 heavy (non-hydrogen) atoms. The minimum Gasteiger partial charge on any atom is -0.370 e. The van der Waals surface area contributed by atoms with Crippen LogP contribution in [0, 0.1) is 0 Å². The summed E-state index contributed by atoms with van der Waals surface area (Å²) in [4.78, 5) is 17.2. The molecule has 1 aliphatic rings. The molecule has 1 fully saturated rings. The number of anilines is 1. The molecule has 2 heterocycles. The van der Waals surface area contributed by atoms with Crippen molar-refractivity contribution < 1.29 is 9.53 Å². The molecule has 1 saturated heterocycles. The number of nitrogens with zero attached hydrogens (tertiary/aromatic N) is 2. The van der Waals surface area contributed by atoms with Gasteiger partial charge in [0.1, 0.15) is 11.2 Å². The minimum atomic E-state index is -0.0135. The number of pyridine rings is 1. The maximum absolute atomic E-state index is 11.4. The van der Waals surface area contributed by atoms with Gasteiger partial charge in [-0.2, -0.15) is 0 Å². The maximum Gasteiger partial charge on any atom is 0.253 e. The molecule has 0 N–H and O–H groups in total. The van der Waals surface area contributed by atoms with Crippen molar-refractivity contribution in [2.75, 3.05) is 24.7 Å². The monoisotopic (exact) mass is 286 g/mol. The second kappa shape index (κ2) is 6.60. The van der Waals surface area contributed by atoms with Gasteiger partial charge in [-0.05, 0) is 28.1 Å². The molecule has 5 heteroatoms. The van der Waals surface area contributed by atoms with Gasteiger partial charge in [-0.15, -0.1) is 0 Å². The van der Waals surface area contributed by atoms with Crippen molar-refractivity contribution in [3.63, 3.8) is 0 Å². The van der Waals surface area contributed by atoms with E-state index in [2.05, 4.69) is 20.9 Å². The zero-order valence-electron chi connectivity index (χ0n) is 9.44. The second-order valence-electron chi connectivity index (χ2n) is 2.94. The van der Waals surface area contributed by atoms with Crippen molar-refractivity contribution in [2.24, 2.45) is 0 Å². The molecule has 0 spiro atoms. The molecule has 0 atom stereocenters. The normalized spacial score (nSPS) is 15.4. The van der Waals surface area contributed by atoms with Crippen LogP contribution in [0.15, 0.2) is 22.9 Å². The third-order valence-electron chi connectivity index (χ3n) is 2.01. The number of aromatic nitrogens is 1. The molecule has 0 saturated carbocycles. The van der Waals surface area contributed by atoms with Crippen LogP contribution in [-0.2, 0) is 9.53 Å². The predicted molar refractivity (Wildman–Crippen MR) is 66.5 cm³/mol. The lowest BCUT2D eigenvalue weighted by molar-refractivity contribution is -0.125. The van der Waals surface area contributed by atoms with Crippen molar-refractivity contribution in [2.45, 2.75) is 13.8 Å². The number of ether oxygens (including phenoxy) is 1. The lowest BCUT2D eigenvalue weighted by atomic mass is 10.3. The van der Waals surface area contributed by atoms with Crippen LogP contribution >= 0.6 is 15.9 Å². The fourth-order valence-corrected chi connectivity index (χ4v) is 1.55. The lowest BCUT2D eigenvalue weighted by Crippen LogP contribution is -2.41. The fraction of sp³-hybridized carbons (Fsp3) is 0.455. The van der Waals surface area contributed by atoms with Gasteiger partial charge in [0.25, 0.3) is 5.91 Å². The Kier molecular flexibility index (Phi) is 5.42. The number of carbonyl (C=O) groups excluding carboxylic acids is 1. The molecule has 0 radical (unpaired) electrons. The van der Waals surface area contributed by atoms with Gasteiger partial charge in [0.2, 0.25) is 0 Å². The quantitative estimate of drug-likeness (QED) is 0.744. The van der Waals surface area contributed by atoms with Gasteiger partial charge in [0, 0.05) is 6.54 Å².